The highest BCUT2D eigenvalue weighted by atomic mass is 32.1. The summed E-state index contributed by atoms with van der Waals surface area (Å²) in [5, 5.41) is 8.25. The van der Waals surface area contributed by atoms with Crippen molar-refractivity contribution in [2.24, 2.45) is 5.10 Å². The topological polar surface area (TPSA) is 75.2 Å². The molecule has 0 spiro atoms. The molecule has 2 heterocycles. The van der Waals surface area contributed by atoms with Crippen molar-refractivity contribution >= 4 is 34.1 Å². The molecule has 1 aliphatic rings. The molecule has 1 aromatic carbocycles. The minimum absolute atomic E-state index is 0.146. The number of hydrazone groups is 1. The van der Waals surface area contributed by atoms with Crippen molar-refractivity contribution in [1.82, 2.24) is 5.43 Å². The second kappa shape index (κ2) is 9.21. The quantitative estimate of drug-likeness (QED) is 0.574. The highest BCUT2D eigenvalue weighted by Crippen LogP contribution is 2.25. The van der Waals surface area contributed by atoms with E-state index in [1.807, 2.05) is 30.3 Å². The highest BCUT2D eigenvalue weighted by molar-refractivity contribution is 7.17. The number of methoxy groups -OCH3 is 1. The van der Waals surface area contributed by atoms with Crippen molar-refractivity contribution in [3.63, 3.8) is 0 Å². The van der Waals surface area contributed by atoms with Gasteiger partial charge in [-0.05, 0) is 36.4 Å². The number of thiophene rings is 1. The van der Waals surface area contributed by atoms with Crippen LogP contribution in [0.15, 0.2) is 41.5 Å². The molecule has 0 bridgehead atoms. The zero-order valence-corrected chi connectivity index (χ0v) is 15.4. The monoisotopic (exact) mass is 374 g/mol. The maximum atomic E-state index is 11.9. The van der Waals surface area contributed by atoms with Crippen LogP contribution < -0.4 is 20.4 Å². The maximum Gasteiger partial charge on any atom is 0.259 e. The number of anilines is 2. The third kappa shape index (κ3) is 5.21. The van der Waals surface area contributed by atoms with Gasteiger partial charge in [-0.15, -0.1) is 11.3 Å². The van der Waals surface area contributed by atoms with Gasteiger partial charge in [-0.2, -0.15) is 5.10 Å². The van der Waals surface area contributed by atoms with E-state index in [4.69, 9.17) is 9.47 Å². The third-order valence-electron chi connectivity index (χ3n) is 3.86. The fourth-order valence-electron chi connectivity index (χ4n) is 2.46. The van der Waals surface area contributed by atoms with Crippen molar-refractivity contribution < 1.29 is 14.3 Å². The van der Waals surface area contributed by atoms with Crippen LogP contribution in [0, 0.1) is 0 Å². The normalized spacial score (nSPS) is 14.4. The van der Waals surface area contributed by atoms with Gasteiger partial charge in [0.05, 0.1) is 38.1 Å². The summed E-state index contributed by atoms with van der Waals surface area (Å²) in [5.41, 5.74) is 3.37. The summed E-state index contributed by atoms with van der Waals surface area (Å²) in [4.78, 5) is 15.1. The van der Waals surface area contributed by atoms with Crippen LogP contribution >= 0.6 is 11.3 Å². The van der Waals surface area contributed by atoms with Gasteiger partial charge in [0.1, 0.15) is 5.75 Å². The SMILES string of the molecule is COc1ccc(NCC(=O)N/N=C\c2ccc(N3CCOCC3)s2)cc1. The van der Waals surface area contributed by atoms with Crippen molar-refractivity contribution in [2.75, 3.05) is 50.2 Å². The molecular weight excluding hydrogens is 352 g/mol. The number of carbonyl (C=O) groups excluding carboxylic acids is 1. The molecule has 0 radical (unpaired) electrons. The number of morpholine rings is 1. The molecule has 2 N–H and O–H groups in total. The molecule has 26 heavy (non-hydrogen) atoms. The first kappa shape index (κ1) is 18.2. The molecule has 0 saturated carbocycles. The van der Waals surface area contributed by atoms with E-state index in [2.05, 4.69) is 26.8 Å². The van der Waals surface area contributed by atoms with E-state index in [1.165, 1.54) is 5.00 Å². The fraction of sp³-hybridized carbons (Fsp3) is 0.333. The van der Waals surface area contributed by atoms with E-state index in [0.717, 1.165) is 42.6 Å². The van der Waals surface area contributed by atoms with Gasteiger partial charge in [0.15, 0.2) is 0 Å². The molecule has 7 nitrogen and oxygen atoms in total. The molecular formula is C18H22N4O3S. The predicted molar refractivity (Wildman–Crippen MR) is 105 cm³/mol. The Morgan fingerprint density at radius 3 is 2.77 bits per heavy atom. The molecule has 1 amide bonds. The number of benzene rings is 1. The van der Waals surface area contributed by atoms with Gasteiger partial charge in [-0.25, -0.2) is 5.43 Å². The van der Waals surface area contributed by atoms with Crippen LogP contribution in [0.1, 0.15) is 4.88 Å². The zero-order valence-electron chi connectivity index (χ0n) is 14.6. The summed E-state index contributed by atoms with van der Waals surface area (Å²) in [6.07, 6.45) is 1.67. The van der Waals surface area contributed by atoms with Gasteiger partial charge in [0, 0.05) is 23.7 Å². The van der Waals surface area contributed by atoms with E-state index in [9.17, 15) is 4.79 Å². The molecule has 0 atom stereocenters. The average molecular weight is 374 g/mol. The van der Waals surface area contributed by atoms with E-state index >= 15 is 0 Å². The summed E-state index contributed by atoms with van der Waals surface area (Å²) in [6, 6.07) is 11.5. The molecule has 3 rings (SSSR count). The molecule has 1 saturated heterocycles. The number of rotatable bonds is 7. The molecule has 1 fully saturated rings. The van der Waals surface area contributed by atoms with Crippen LogP contribution in [0.5, 0.6) is 5.75 Å². The van der Waals surface area contributed by atoms with E-state index in [-0.39, 0.29) is 12.5 Å². The number of nitrogens with one attached hydrogen (secondary N) is 2. The molecule has 0 aliphatic carbocycles. The Bertz CT molecular complexity index is 739. The Morgan fingerprint density at radius 1 is 1.27 bits per heavy atom. The first-order valence-electron chi connectivity index (χ1n) is 8.37. The molecule has 1 aliphatic heterocycles. The Kier molecular flexibility index (Phi) is 6.45. The second-order valence-corrected chi connectivity index (χ2v) is 6.74. The van der Waals surface area contributed by atoms with Crippen molar-refractivity contribution in [3.8, 4) is 5.75 Å². The highest BCUT2D eigenvalue weighted by Gasteiger charge is 2.12. The lowest BCUT2D eigenvalue weighted by molar-refractivity contribution is -0.119. The van der Waals surface area contributed by atoms with E-state index < -0.39 is 0 Å². The third-order valence-corrected chi connectivity index (χ3v) is 4.94. The Balaban J connectivity index is 1.42. The number of amides is 1. The lowest BCUT2D eigenvalue weighted by Gasteiger charge is -2.27. The van der Waals surface area contributed by atoms with Crippen LogP contribution in [0.3, 0.4) is 0 Å². The first-order valence-corrected chi connectivity index (χ1v) is 9.18. The molecule has 8 heteroatoms. The number of carbonyl (C=O) groups is 1. The predicted octanol–water partition coefficient (Wildman–Crippen LogP) is 2.16. The van der Waals surface area contributed by atoms with Gasteiger partial charge in [0.2, 0.25) is 0 Å². The van der Waals surface area contributed by atoms with Gasteiger partial charge < -0.3 is 19.7 Å². The molecule has 1 aromatic heterocycles. The van der Waals surface area contributed by atoms with Crippen LogP contribution in [0.25, 0.3) is 0 Å². The number of ether oxygens (including phenoxy) is 2. The van der Waals surface area contributed by atoms with Crippen molar-refractivity contribution in [2.45, 2.75) is 0 Å². The minimum atomic E-state index is -0.206. The largest absolute Gasteiger partial charge is 0.497 e. The van der Waals surface area contributed by atoms with Gasteiger partial charge in [-0.3, -0.25) is 4.79 Å². The second-order valence-electron chi connectivity index (χ2n) is 5.65. The standard InChI is InChI=1S/C18H22N4O3S/c1-24-15-4-2-14(3-5-15)19-13-17(23)21-20-12-16-6-7-18(26-16)22-8-10-25-11-9-22/h2-7,12,19H,8-11,13H2,1H3,(H,21,23)/b20-12-. The van der Waals surface area contributed by atoms with Gasteiger partial charge in [-0.1, -0.05) is 0 Å². The maximum absolute atomic E-state index is 11.9. The molecule has 2 aromatic rings. The minimum Gasteiger partial charge on any atom is -0.497 e. The number of hydrogen-bond donors (Lipinski definition) is 2. The van der Waals surface area contributed by atoms with E-state index in [0.29, 0.717) is 0 Å². The van der Waals surface area contributed by atoms with Crippen molar-refractivity contribution in [3.05, 3.63) is 41.3 Å². The summed E-state index contributed by atoms with van der Waals surface area (Å²) in [5.74, 6) is 0.569. The molecule has 138 valence electrons. The first-order chi connectivity index (χ1) is 12.7. The van der Waals surface area contributed by atoms with Gasteiger partial charge >= 0.3 is 0 Å². The van der Waals surface area contributed by atoms with Crippen LogP contribution in [0.2, 0.25) is 0 Å². The number of nitrogens with zero attached hydrogens (tertiary/aromatic N) is 2. The lowest BCUT2D eigenvalue weighted by Crippen LogP contribution is -2.35. The summed E-state index contributed by atoms with van der Waals surface area (Å²) >= 11 is 1.65. The summed E-state index contributed by atoms with van der Waals surface area (Å²) < 4.78 is 10.5. The van der Waals surface area contributed by atoms with Crippen LogP contribution in [-0.2, 0) is 9.53 Å². The summed E-state index contributed by atoms with van der Waals surface area (Å²) in [6.45, 7) is 3.49. The Labute approximate surface area is 156 Å². The smallest absolute Gasteiger partial charge is 0.259 e. The average Bonchev–Trinajstić information content (AvgIpc) is 3.16. The van der Waals surface area contributed by atoms with Crippen LogP contribution in [0.4, 0.5) is 10.7 Å². The zero-order chi connectivity index (χ0) is 18.2. The van der Waals surface area contributed by atoms with Crippen LogP contribution in [-0.4, -0.2) is 52.1 Å². The van der Waals surface area contributed by atoms with E-state index in [1.54, 1.807) is 24.7 Å². The van der Waals surface area contributed by atoms with Crippen molar-refractivity contribution in [1.29, 1.82) is 0 Å². The van der Waals surface area contributed by atoms with Gasteiger partial charge in [0.25, 0.3) is 5.91 Å². The lowest BCUT2D eigenvalue weighted by atomic mass is 10.3. The molecule has 0 unspecified atom stereocenters. The Hall–Kier alpha value is -2.58. The number of hydrogen-bond acceptors (Lipinski definition) is 7. The Morgan fingerprint density at radius 2 is 2.04 bits per heavy atom. The summed E-state index contributed by atoms with van der Waals surface area (Å²) in [7, 11) is 1.62. The fourth-order valence-corrected chi connectivity index (χ4v) is 3.39.